The summed E-state index contributed by atoms with van der Waals surface area (Å²) in [6, 6.07) is 7.79. The average Bonchev–Trinajstić information content (AvgIpc) is 3.16. The molecule has 0 fully saturated rings. The second-order valence-electron chi connectivity index (χ2n) is 5.99. The lowest BCUT2D eigenvalue weighted by molar-refractivity contribution is -0.118. The van der Waals surface area contributed by atoms with Crippen molar-refractivity contribution in [3.63, 3.8) is 0 Å². The zero-order valence-electron chi connectivity index (χ0n) is 14.8. The largest absolute Gasteiger partial charge is 0.370 e. The quantitative estimate of drug-likeness (QED) is 0.467. The molecule has 0 unspecified atom stereocenters. The molecule has 3 aromatic rings. The van der Waals surface area contributed by atoms with Crippen molar-refractivity contribution in [2.24, 2.45) is 5.73 Å². The van der Waals surface area contributed by atoms with E-state index in [1.54, 1.807) is 0 Å². The summed E-state index contributed by atoms with van der Waals surface area (Å²) in [5.41, 5.74) is 7.76. The molecule has 2 aromatic heterocycles. The molecule has 0 saturated carbocycles. The lowest BCUT2D eigenvalue weighted by Crippen LogP contribution is -2.13. The number of para-hydroxylation sites is 1. The normalized spacial score (nSPS) is 11.2. The molecule has 0 aliphatic carbocycles. The first-order valence-electron chi connectivity index (χ1n) is 8.45. The number of carbonyl (C=O) groups is 2. The Morgan fingerprint density at radius 2 is 2.04 bits per heavy atom. The molecule has 0 spiro atoms. The lowest BCUT2D eigenvalue weighted by atomic mass is 10.1. The third-order valence-electron chi connectivity index (χ3n) is 4.21. The summed E-state index contributed by atoms with van der Waals surface area (Å²) >= 11 is 1.36. The summed E-state index contributed by atoms with van der Waals surface area (Å²) in [4.78, 5) is 27.0. The van der Waals surface area contributed by atoms with E-state index >= 15 is 0 Å². The van der Waals surface area contributed by atoms with Gasteiger partial charge in [-0.15, -0.1) is 10.2 Å². The predicted octanol–water partition coefficient (Wildman–Crippen LogP) is 2.48. The van der Waals surface area contributed by atoms with Gasteiger partial charge < -0.3 is 15.3 Å². The zero-order chi connectivity index (χ0) is 18.7. The van der Waals surface area contributed by atoms with Crippen LogP contribution in [-0.2, 0) is 17.8 Å². The van der Waals surface area contributed by atoms with Crippen LogP contribution in [0.15, 0.2) is 29.4 Å². The van der Waals surface area contributed by atoms with Crippen LogP contribution < -0.4 is 5.73 Å². The fourth-order valence-electron chi connectivity index (χ4n) is 3.00. The maximum absolute atomic E-state index is 12.8. The molecule has 1 aromatic carbocycles. The van der Waals surface area contributed by atoms with Gasteiger partial charge in [-0.1, -0.05) is 30.0 Å². The number of benzene rings is 1. The van der Waals surface area contributed by atoms with E-state index in [1.807, 2.05) is 42.7 Å². The number of fused-ring (bicyclic) bond motifs is 1. The Balaban J connectivity index is 1.75. The molecule has 26 heavy (non-hydrogen) atoms. The number of nitrogens with one attached hydrogen (secondary N) is 1. The SMILES string of the molecule is CCn1c(CCC(N)=O)nnc1SCC(=O)c1c(C)[nH]c2ccccc12. The Hall–Kier alpha value is -2.61. The fraction of sp³-hybridized carbons (Fsp3) is 0.333. The highest BCUT2D eigenvalue weighted by atomic mass is 32.2. The molecule has 136 valence electrons. The number of thioether (sulfide) groups is 1. The number of nitrogens with two attached hydrogens (primary N) is 1. The molecule has 0 atom stereocenters. The molecule has 3 N–H and O–H groups in total. The first-order chi connectivity index (χ1) is 12.5. The van der Waals surface area contributed by atoms with Gasteiger partial charge in [-0.3, -0.25) is 9.59 Å². The summed E-state index contributed by atoms with van der Waals surface area (Å²) in [5.74, 6) is 0.671. The highest BCUT2D eigenvalue weighted by molar-refractivity contribution is 7.99. The highest BCUT2D eigenvalue weighted by Crippen LogP contribution is 2.25. The summed E-state index contributed by atoms with van der Waals surface area (Å²) in [6.45, 7) is 4.56. The minimum atomic E-state index is -0.366. The average molecular weight is 371 g/mol. The van der Waals surface area contributed by atoms with E-state index in [2.05, 4.69) is 15.2 Å². The van der Waals surface area contributed by atoms with Gasteiger partial charge in [-0.2, -0.15) is 0 Å². The Labute approximate surface area is 155 Å². The molecular formula is C18H21N5O2S. The molecule has 3 rings (SSSR count). The minimum Gasteiger partial charge on any atom is -0.370 e. The third kappa shape index (κ3) is 3.65. The van der Waals surface area contributed by atoms with Crippen LogP contribution in [0.5, 0.6) is 0 Å². The van der Waals surface area contributed by atoms with Gasteiger partial charge >= 0.3 is 0 Å². The molecule has 7 nitrogen and oxygen atoms in total. The molecule has 0 saturated heterocycles. The van der Waals surface area contributed by atoms with Gasteiger partial charge in [-0.25, -0.2) is 0 Å². The monoisotopic (exact) mass is 371 g/mol. The van der Waals surface area contributed by atoms with Crippen molar-refractivity contribution in [2.75, 3.05) is 5.75 Å². The molecule has 0 bridgehead atoms. The molecule has 8 heteroatoms. The van der Waals surface area contributed by atoms with Crippen molar-refractivity contribution < 1.29 is 9.59 Å². The van der Waals surface area contributed by atoms with E-state index in [4.69, 9.17) is 5.73 Å². The molecule has 0 aliphatic rings. The number of nitrogens with zero attached hydrogens (tertiary/aromatic N) is 3. The Morgan fingerprint density at radius 3 is 2.77 bits per heavy atom. The topological polar surface area (TPSA) is 107 Å². The number of hydrogen-bond acceptors (Lipinski definition) is 5. The van der Waals surface area contributed by atoms with Gasteiger partial charge in [0.2, 0.25) is 5.91 Å². The van der Waals surface area contributed by atoms with Crippen LogP contribution in [0.25, 0.3) is 10.9 Å². The summed E-state index contributed by atoms with van der Waals surface area (Å²) < 4.78 is 1.92. The second kappa shape index (κ2) is 7.74. The van der Waals surface area contributed by atoms with Crippen LogP contribution in [0.3, 0.4) is 0 Å². The number of aryl methyl sites for hydroxylation is 2. The Kier molecular flexibility index (Phi) is 5.41. The molecule has 1 amide bonds. The van der Waals surface area contributed by atoms with E-state index in [0.717, 1.165) is 22.2 Å². The molecular weight excluding hydrogens is 350 g/mol. The van der Waals surface area contributed by atoms with Crippen LogP contribution in [0, 0.1) is 6.92 Å². The van der Waals surface area contributed by atoms with Crippen molar-refractivity contribution in [3.8, 4) is 0 Å². The number of amides is 1. The molecule has 0 aliphatic heterocycles. The van der Waals surface area contributed by atoms with Gasteiger partial charge in [0, 0.05) is 41.5 Å². The Morgan fingerprint density at radius 1 is 1.27 bits per heavy atom. The van der Waals surface area contributed by atoms with Gasteiger partial charge in [0.05, 0.1) is 5.75 Å². The van der Waals surface area contributed by atoms with Crippen LogP contribution in [-0.4, -0.2) is 37.2 Å². The molecule has 2 heterocycles. The number of primary amides is 1. The maximum Gasteiger partial charge on any atom is 0.217 e. The van der Waals surface area contributed by atoms with E-state index in [1.165, 1.54) is 11.8 Å². The highest BCUT2D eigenvalue weighted by Gasteiger charge is 2.18. The van der Waals surface area contributed by atoms with E-state index in [9.17, 15) is 9.59 Å². The second-order valence-corrected chi connectivity index (χ2v) is 6.93. The number of Topliss-reactive ketones (excluding diaryl/α,β-unsaturated/α-hetero) is 1. The standard InChI is InChI=1S/C18H21N5O2S/c1-3-23-16(9-8-15(19)25)21-22-18(23)26-10-14(24)17-11(2)20-13-7-5-4-6-12(13)17/h4-7,20H,3,8-10H2,1-2H3,(H2,19,25). The number of hydrogen-bond donors (Lipinski definition) is 2. The van der Waals surface area contributed by atoms with Crippen molar-refractivity contribution in [2.45, 2.75) is 38.4 Å². The number of H-pyrrole nitrogens is 1. The number of carbonyl (C=O) groups excluding carboxylic acids is 2. The van der Waals surface area contributed by atoms with Gasteiger partial charge in [0.1, 0.15) is 5.82 Å². The van der Waals surface area contributed by atoms with Crippen molar-refractivity contribution >= 4 is 34.4 Å². The van der Waals surface area contributed by atoms with Crippen molar-refractivity contribution in [1.29, 1.82) is 0 Å². The van der Waals surface area contributed by atoms with Gasteiger partial charge in [0.15, 0.2) is 10.9 Å². The van der Waals surface area contributed by atoms with Crippen molar-refractivity contribution in [3.05, 3.63) is 41.3 Å². The van der Waals surface area contributed by atoms with Crippen LogP contribution in [0.2, 0.25) is 0 Å². The van der Waals surface area contributed by atoms with Crippen molar-refractivity contribution in [1.82, 2.24) is 19.7 Å². The number of aromatic amines is 1. The van der Waals surface area contributed by atoms with E-state index in [0.29, 0.717) is 23.9 Å². The van der Waals surface area contributed by atoms with Crippen LogP contribution in [0.4, 0.5) is 0 Å². The summed E-state index contributed by atoms with van der Waals surface area (Å²) in [5, 5.41) is 9.92. The predicted molar refractivity (Wildman–Crippen MR) is 101 cm³/mol. The van der Waals surface area contributed by atoms with E-state index < -0.39 is 0 Å². The van der Waals surface area contributed by atoms with E-state index in [-0.39, 0.29) is 23.9 Å². The lowest BCUT2D eigenvalue weighted by Gasteiger charge is -2.06. The number of ketones is 1. The number of aromatic nitrogens is 4. The summed E-state index contributed by atoms with van der Waals surface area (Å²) in [6.07, 6.45) is 0.683. The van der Waals surface area contributed by atoms with Crippen LogP contribution in [0.1, 0.15) is 35.2 Å². The first-order valence-corrected chi connectivity index (χ1v) is 9.43. The summed E-state index contributed by atoms with van der Waals surface area (Å²) in [7, 11) is 0. The Bertz CT molecular complexity index is 960. The zero-order valence-corrected chi connectivity index (χ0v) is 15.6. The molecule has 0 radical (unpaired) electrons. The minimum absolute atomic E-state index is 0.0503. The van der Waals surface area contributed by atoms with Gasteiger partial charge in [-0.05, 0) is 19.9 Å². The third-order valence-corrected chi connectivity index (χ3v) is 5.18. The van der Waals surface area contributed by atoms with Gasteiger partial charge in [0.25, 0.3) is 0 Å². The maximum atomic E-state index is 12.8. The smallest absolute Gasteiger partial charge is 0.217 e. The number of rotatable bonds is 8. The van der Waals surface area contributed by atoms with Crippen LogP contribution >= 0.6 is 11.8 Å². The first kappa shape index (κ1) is 18.2. The fourth-order valence-corrected chi connectivity index (χ4v) is 3.90.